The monoisotopic (exact) mass is 232 g/mol. The van der Waals surface area contributed by atoms with Gasteiger partial charge in [-0.1, -0.05) is 0 Å². The standard InChI is InChI=1S/C10H18F2N4/c1-15(2)4-3-13-5-9-6-14-16(7-9)8-10(11)12/h6-7,10,13H,3-5,8H2,1-2H3. The molecule has 1 N–H and O–H groups in total. The lowest BCUT2D eigenvalue weighted by molar-refractivity contribution is 0.122. The molecule has 1 aromatic rings. The first-order chi connectivity index (χ1) is 7.58. The minimum Gasteiger partial charge on any atom is -0.311 e. The molecule has 0 aliphatic carbocycles. The first-order valence-electron chi connectivity index (χ1n) is 5.23. The van der Waals surface area contributed by atoms with Crippen LogP contribution in [0.3, 0.4) is 0 Å². The Kier molecular flexibility index (Phi) is 5.34. The highest BCUT2D eigenvalue weighted by Gasteiger charge is 2.05. The number of aromatic nitrogens is 2. The summed E-state index contributed by atoms with van der Waals surface area (Å²) in [6, 6.07) is 0. The van der Waals surface area contributed by atoms with Gasteiger partial charge in [0, 0.05) is 31.4 Å². The van der Waals surface area contributed by atoms with Crippen LogP contribution in [0.2, 0.25) is 0 Å². The zero-order valence-corrected chi connectivity index (χ0v) is 9.66. The number of rotatable bonds is 7. The van der Waals surface area contributed by atoms with E-state index in [-0.39, 0.29) is 6.54 Å². The van der Waals surface area contributed by atoms with Crippen molar-refractivity contribution in [1.82, 2.24) is 20.0 Å². The highest BCUT2D eigenvalue weighted by atomic mass is 19.3. The molecule has 0 aliphatic rings. The zero-order chi connectivity index (χ0) is 12.0. The molecular weight excluding hydrogens is 214 g/mol. The van der Waals surface area contributed by atoms with E-state index >= 15 is 0 Å². The van der Waals surface area contributed by atoms with E-state index in [1.165, 1.54) is 4.68 Å². The molecule has 0 bridgehead atoms. The van der Waals surface area contributed by atoms with Gasteiger partial charge in [-0.25, -0.2) is 8.78 Å². The van der Waals surface area contributed by atoms with Gasteiger partial charge in [-0.05, 0) is 14.1 Å². The van der Waals surface area contributed by atoms with Crippen LogP contribution in [0.1, 0.15) is 5.56 Å². The molecule has 1 heterocycles. The fourth-order valence-electron chi connectivity index (χ4n) is 1.27. The summed E-state index contributed by atoms with van der Waals surface area (Å²) in [7, 11) is 4.00. The van der Waals surface area contributed by atoms with Gasteiger partial charge < -0.3 is 10.2 Å². The van der Waals surface area contributed by atoms with Crippen molar-refractivity contribution in [3.05, 3.63) is 18.0 Å². The maximum Gasteiger partial charge on any atom is 0.257 e. The van der Waals surface area contributed by atoms with Gasteiger partial charge in [-0.3, -0.25) is 4.68 Å². The van der Waals surface area contributed by atoms with E-state index in [1.54, 1.807) is 12.4 Å². The van der Waals surface area contributed by atoms with Gasteiger partial charge in [-0.15, -0.1) is 0 Å². The van der Waals surface area contributed by atoms with Gasteiger partial charge >= 0.3 is 0 Å². The predicted octanol–water partition coefficient (Wildman–Crippen LogP) is 0.799. The first-order valence-corrected chi connectivity index (χ1v) is 5.23. The van der Waals surface area contributed by atoms with Gasteiger partial charge in [-0.2, -0.15) is 5.10 Å². The molecule has 0 saturated heterocycles. The molecule has 0 unspecified atom stereocenters. The summed E-state index contributed by atoms with van der Waals surface area (Å²) in [6.45, 7) is 2.15. The van der Waals surface area contributed by atoms with Crippen LogP contribution in [-0.2, 0) is 13.1 Å². The molecule has 4 nitrogen and oxygen atoms in total. The smallest absolute Gasteiger partial charge is 0.257 e. The second-order valence-corrected chi connectivity index (χ2v) is 3.94. The summed E-state index contributed by atoms with van der Waals surface area (Å²) >= 11 is 0. The fraction of sp³-hybridized carbons (Fsp3) is 0.700. The van der Waals surface area contributed by atoms with Crippen LogP contribution >= 0.6 is 0 Å². The van der Waals surface area contributed by atoms with Crippen LogP contribution in [-0.4, -0.2) is 48.3 Å². The molecule has 1 aromatic heterocycles. The number of nitrogens with zero attached hydrogens (tertiary/aromatic N) is 3. The predicted molar refractivity (Wildman–Crippen MR) is 58.5 cm³/mol. The topological polar surface area (TPSA) is 33.1 Å². The Labute approximate surface area is 94.2 Å². The number of alkyl halides is 2. The minimum absolute atomic E-state index is 0.336. The molecule has 6 heteroatoms. The number of likely N-dealkylation sites (N-methyl/N-ethyl adjacent to an activating group) is 1. The van der Waals surface area contributed by atoms with Gasteiger partial charge in [0.05, 0.1) is 6.20 Å². The van der Waals surface area contributed by atoms with Gasteiger partial charge in [0.25, 0.3) is 6.43 Å². The second kappa shape index (κ2) is 6.55. The van der Waals surface area contributed by atoms with E-state index < -0.39 is 6.43 Å². The van der Waals surface area contributed by atoms with Crippen molar-refractivity contribution >= 4 is 0 Å². The molecule has 0 atom stereocenters. The van der Waals surface area contributed by atoms with E-state index in [4.69, 9.17) is 0 Å². The van der Waals surface area contributed by atoms with Crippen molar-refractivity contribution < 1.29 is 8.78 Å². The average Bonchev–Trinajstić information content (AvgIpc) is 2.59. The van der Waals surface area contributed by atoms with E-state index in [0.29, 0.717) is 6.54 Å². The SMILES string of the molecule is CN(C)CCNCc1cnn(CC(F)F)c1. The van der Waals surface area contributed by atoms with Crippen LogP contribution in [0.5, 0.6) is 0 Å². The lowest BCUT2D eigenvalue weighted by atomic mass is 10.3. The molecule has 0 saturated carbocycles. The summed E-state index contributed by atoms with van der Waals surface area (Å²) < 4.78 is 25.4. The number of halogens is 2. The Hall–Kier alpha value is -1.01. The Balaban J connectivity index is 2.24. The molecule has 0 radical (unpaired) electrons. The van der Waals surface area contributed by atoms with E-state index in [1.807, 2.05) is 14.1 Å². The highest BCUT2D eigenvalue weighted by Crippen LogP contribution is 2.01. The lowest BCUT2D eigenvalue weighted by Gasteiger charge is -2.09. The molecule has 92 valence electrons. The number of nitrogens with one attached hydrogen (secondary N) is 1. The van der Waals surface area contributed by atoms with Crippen molar-refractivity contribution in [3.63, 3.8) is 0 Å². The third kappa shape index (κ3) is 5.18. The zero-order valence-electron chi connectivity index (χ0n) is 9.66. The van der Waals surface area contributed by atoms with Gasteiger partial charge in [0.15, 0.2) is 0 Å². The molecule has 0 aromatic carbocycles. The Morgan fingerprint density at radius 2 is 2.25 bits per heavy atom. The molecule has 1 rings (SSSR count). The molecule has 0 amide bonds. The quantitative estimate of drug-likeness (QED) is 0.706. The van der Waals surface area contributed by atoms with E-state index in [9.17, 15) is 8.78 Å². The highest BCUT2D eigenvalue weighted by molar-refractivity contribution is 5.03. The van der Waals surface area contributed by atoms with Gasteiger partial charge in [0.2, 0.25) is 0 Å². The fourth-order valence-corrected chi connectivity index (χ4v) is 1.27. The Bertz CT molecular complexity index is 299. The van der Waals surface area contributed by atoms with E-state index in [0.717, 1.165) is 18.7 Å². The molecular formula is C10H18F2N4. The number of hydrogen-bond acceptors (Lipinski definition) is 3. The van der Waals surface area contributed by atoms with Crippen molar-refractivity contribution in [2.24, 2.45) is 0 Å². The molecule has 16 heavy (non-hydrogen) atoms. The van der Waals surface area contributed by atoms with Crippen LogP contribution in [0.15, 0.2) is 12.4 Å². The lowest BCUT2D eigenvalue weighted by Crippen LogP contribution is -2.26. The summed E-state index contributed by atoms with van der Waals surface area (Å²) in [6.07, 6.45) is 0.911. The Morgan fingerprint density at radius 1 is 1.50 bits per heavy atom. The van der Waals surface area contributed by atoms with Crippen molar-refractivity contribution in [1.29, 1.82) is 0 Å². The van der Waals surface area contributed by atoms with Crippen molar-refractivity contribution in [3.8, 4) is 0 Å². The van der Waals surface area contributed by atoms with Crippen LogP contribution in [0, 0.1) is 0 Å². The summed E-state index contributed by atoms with van der Waals surface area (Å²) in [5.74, 6) is 0. The minimum atomic E-state index is -2.35. The maximum absolute atomic E-state index is 12.0. The third-order valence-corrected chi connectivity index (χ3v) is 2.08. The van der Waals surface area contributed by atoms with Crippen molar-refractivity contribution in [2.75, 3.05) is 27.2 Å². The normalized spacial score (nSPS) is 11.6. The van der Waals surface area contributed by atoms with Gasteiger partial charge in [0.1, 0.15) is 6.54 Å². The number of hydrogen-bond donors (Lipinski definition) is 1. The van der Waals surface area contributed by atoms with Crippen molar-refractivity contribution in [2.45, 2.75) is 19.5 Å². The van der Waals surface area contributed by atoms with Crippen LogP contribution in [0.4, 0.5) is 8.78 Å². The molecule has 0 aliphatic heterocycles. The summed E-state index contributed by atoms with van der Waals surface area (Å²) in [5, 5.41) is 7.07. The maximum atomic E-state index is 12.0. The summed E-state index contributed by atoms with van der Waals surface area (Å²) in [4.78, 5) is 2.08. The van der Waals surface area contributed by atoms with Crippen LogP contribution in [0.25, 0.3) is 0 Å². The van der Waals surface area contributed by atoms with E-state index in [2.05, 4.69) is 15.3 Å². The second-order valence-electron chi connectivity index (χ2n) is 3.94. The third-order valence-electron chi connectivity index (χ3n) is 2.08. The summed E-state index contributed by atoms with van der Waals surface area (Å²) in [5.41, 5.74) is 0.930. The molecule has 0 spiro atoms. The molecule has 0 fully saturated rings. The first kappa shape index (κ1) is 13.1. The largest absolute Gasteiger partial charge is 0.311 e. The van der Waals surface area contributed by atoms with Crippen LogP contribution < -0.4 is 5.32 Å². The average molecular weight is 232 g/mol. The Morgan fingerprint density at radius 3 is 2.88 bits per heavy atom.